The van der Waals surface area contributed by atoms with Gasteiger partial charge < -0.3 is 15.8 Å². The summed E-state index contributed by atoms with van der Waals surface area (Å²) >= 11 is 4.97. The predicted octanol–water partition coefficient (Wildman–Crippen LogP) is 1.24. The standard InChI is InChI=1S/C15H23N3O4S2/c1-5-22-13(19)8-11-10(4)6-7-12(14(11)16)24(20,21)18-15(23)17-9(2)3/h6-7,9H,5,8,16H2,1-4H3,(H2,17,18,23). The van der Waals surface area contributed by atoms with Crippen LogP contribution in [0.25, 0.3) is 0 Å². The first-order valence-corrected chi connectivity index (χ1v) is 9.34. The number of hydrogen-bond acceptors (Lipinski definition) is 6. The fraction of sp³-hybridized carbons (Fsp3) is 0.467. The third kappa shape index (κ3) is 5.34. The van der Waals surface area contributed by atoms with Gasteiger partial charge in [-0.25, -0.2) is 8.42 Å². The molecule has 0 atom stereocenters. The van der Waals surface area contributed by atoms with E-state index in [9.17, 15) is 13.2 Å². The average Bonchev–Trinajstić information content (AvgIpc) is 2.41. The van der Waals surface area contributed by atoms with E-state index < -0.39 is 16.0 Å². The Labute approximate surface area is 148 Å². The van der Waals surface area contributed by atoms with Crippen LogP contribution in [0, 0.1) is 6.92 Å². The first-order chi connectivity index (χ1) is 11.1. The number of nitrogens with two attached hydrogens (primary N) is 1. The third-order valence-corrected chi connectivity index (χ3v) is 4.87. The Hall–Kier alpha value is -1.87. The Balaban J connectivity index is 3.16. The summed E-state index contributed by atoms with van der Waals surface area (Å²) in [7, 11) is -3.95. The number of carbonyl (C=O) groups excluding carboxylic acids is 1. The van der Waals surface area contributed by atoms with Crippen LogP contribution in [0.2, 0.25) is 0 Å². The van der Waals surface area contributed by atoms with Gasteiger partial charge >= 0.3 is 5.97 Å². The molecule has 0 unspecified atom stereocenters. The van der Waals surface area contributed by atoms with Gasteiger partial charge in [-0.2, -0.15) is 0 Å². The Kier molecular flexibility index (Phi) is 6.97. The minimum atomic E-state index is -3.95. The van der Waals surface area contributed by atoms with Gasteiger partial charge in [-0.05, 0) is 57.1 Å². The van der Waals surface area contributed by atoms with Crippen LogP contribution in [0.4, 0.5) is 5.69 Å². The molecule has 4 N–H and O–H groups in total. The van der Waals surface area contributed by atoms with Crippen LogP contribution in [0.1, 0.15) is 31.9 Å². The number of nitrogen functional groups attached to an aromatic ring is 1. The molecule has 0 saturated heterocycles. The molecule has 24 heavy (non-hydrogen) atoms. The van der Waals surface area contributed by atoms with E-state index in [0.29, 0.717) is 11.1 Å². The molecule has 1 rings (SSSR count). The van der Waals surface area contributed by atoms with Crippen LogP contribution >= 0.6 is 12.2 Å². The van der Waals surface area contributed by atoms with Gasteiger partial charge in [0.25, 0.3) is 10.0 Å². The zero-order valence-electron chi connectivity index (χ0n) is 14.2. The van der Waals surface area contributed by atoms with Gasteiger partial charge in [-0.15, -0.1) is 0 Å². The predicted molar refractivity (Wildman–Crippen MR) is 97.1 cm³/mol. The van der Waals surface area contributed by atoms with Crippen molar-refractivity contribution in [2.45, 2.75) is 45.1 Å². The van der Waals surface area contributed by atoms with E-state index in [1.54, 1.807) is 19.9 Å². The molecule has 0 aliphatic rings. The van der Waals surface area contributed by atoms with Crippen LogP contribution in [-0.2, 0) is 26.0 Å². The molecule has 0 fully saturated rings. The number of esters is 1. The molecule has 0 heterocycles. The van der Waals surface area contributed by atoms with E-state index in [1.807, 2.05) is 13.8 Å². The van der Waals surface area contributed by atoms with Gasteiger partial charge in [0.15, 0.2) is 5.11 Å². The first-order valence-electron chi connectivity index (χ1n) is 7.45. The van der Waals surface area contributed by atoms with Gasteiger partial charge in [0.1, 0.15) is 4.90 Å². The van der Waals surface area contributed by atoms with Crippen molar-refractivity contribution >= 4 is 39.0 Å². The summed E-state index contributed by atoms with van der Waals surface area (Å²) in [5, 5.41) is 2.77. The van der Waals surface area contributed by atoms with Gasteiger partial charge in [0.05, 0.1) is 18.7 Å². The van der Waals surface area contributed by atoms with Crippen LogP contribution in [0.3, 0.4) is 0 Å². The quantitative estimate of drug-likeness (QED) is 0.391. The second kappa shape index (κ2) is 8.29. The van der Waals surface area contributed by atoms with Gasteiger partial charge in [0.2, 0.25) is 0 Å². The zero-order chi connectivity index (χ0) is 18.5. The number of ether oxygens (including phenoxy) is 1. The number of carbonyl (C=O) groups is 1. The largest absolute Gasteiger partial charge is 0.466 e. The first kappa shape index (κ1) is 20.2. The van der Waals surface area contributed by atoms with E-state index in [0.717, 1.165) is 0 Å². The molecule has 0 aromatic heterocycles. The highest BCUT2D eigenvalue weighted by molar-refractivity contribution is 7.92. The maximum atomic E-state index is 12.5. The highest BCUT2D eigenvalue weighted by atomic mass is 32.2. The highest BCUT2D eigenvalue weighted by Gasteiger charge is 2.23. The smallest absolute Gasteiger partial charge is 0.310 e. The summed E-state index contributed by atoms with van der Waals surface area (Å²) < 4.78 is 32.1. The van der Waals surface area contributed by atoms with Crippen molar-refractivity contribution in [2.24, 2.45) is 0 Å². The monoisotopic (exact) mass is 373 g/mol. The van der Waals surface area contributed by atoms with Crippen molar-refractivity contribution in [2.75, 3.05) is 12.3 Å². The Bertz CT molecular complexity index is 730. The summed E-state index contributed by atoms with van der Waals surface area (Å²) in [5.74, 6) is -0.466. The van der Waals surface area contributed by atoms with E-state index in [-0.39, 0.29) is 34.8 Å². The van der Waals surface area contributed by atoms with E-state index >= 15 is 0 Å². The normalized spacial score (nSPS) is 11.2. The SMILES string of the molecule is CCOC(=O)Cc1c(C)ccc(S(=O)(=O)NC(=S)NC(C)C)c1N. The Morgan fingerprint density at radius 2 is 2.00 bits per heavy atom. The summed E-state index contributed by atoms with van der Waals surface area (Å²) in [6.45, 7) is 7.35. The number of benzene rings is 1. The minimum Gasteiger partial charge on any atom is -0.466 e. The molecule has 0 spiro atoms. The number of rotatable bonds is 6. The molecule has 7 nitrogen and oxygen atoms in total. The van der Waals surface area contributed by atoms with Crippen LogP contribution in [-0.4, -0.2) is 32.1 Å². The van der Waals surface area contributed by atoms with Gasteiger partial charge in [-0.3, -0.25) is 9.52 Å². The number of nitrogens with one attached hydrogen (secondary N) is 2. The average molecular weight is 374 g/mol. The van der Waals surface area contributed by atoms with Crippen molar-refractivity contribution in [3.63, 3.8) is 0 Å². The lowest BCUT2D eigenvalue weighted by molar-refractivity contribution is -0.142. The van der Waals surface area contributed by atoms with Gasteiger partial charge in [-0.1, -0.05) is 6.07 Å². The number of aryl methyl sites for hydroxylation is 1. The van der Waals surface area contributed by atoms with Crippen molar-refractivity contribution in [1.82, 2.24) is 10.0 Å². The van der Waals surface area contributed by atoms with Crippen molar-refractivity contribution in [1.29, 1.82) is 0 Å². The molecule has 0 amide bonds. The lowest BCUT2D eigenvalue weighted by Crippen LogP contribution is -2.42. The summed E-state index contributed by atoms with van der Waals surface area (Å²) in [6, 6.07) is 2.97. The molecule has 0 aliphatic heterocycles. The Morgan fingerprint density at radius 1 is 1.38 bits per heavy atom. The van der Waals surface area contributed by atoms with Crippen LogP contribution < -0.4 is 15.8 Å². The van der Waals surface area contributed by atoms with Crippen LogP contribution in [0.15, 0.2) is 17.0 Å². The third-order valence-electron chi connectivity index (χ3n) is 3.11. The molecule has 134 valence electrons. The molecule has 0 aliphatic carbocycles. The highest BCUT2D eigenvalue weighted by Crippen LogP contribution is 2.26. The van der Waals surface area contributed by atoms with Crippen molar-refractivity contribution < 1.29 is 17.9 Å². The minimum absolute atomic E-state index is 0.0166. The van der Waals surface area contributed by atoms with E-state index in [4.69, 9.17) is 22.7 Å². The fourth-order valence-electron chi connectivity index (χ4n) is 2.05. The number of thiocarbonyl (C=S) groups is 1. The number of hydrogen-bond donors (Lipinski definition) is 3. The molecule has 1 aromatic rings. The lowest BCUT2D eigenvalue weighted by atomic mass is 10.0. The molecular weight excluding hydrogens is 350 g/mol. The maximum Gasteiger partial charge on any atom is 0.310 e. The number of sulfonamides is 1. The molecule has 9 heteroatoms. The molecule has 0 bridgehead atoms. The fourth-order valence-corrected chi connectivity index (χ4v) is 3.68. The van der Waals surface area contributed by atoms with Crippen LogP contribution in [0.5, 0.6) is 0 Å². The summed E-state index contributed by atoms with van der Waals surface area (Å²) in [6.07, 6.45) is -0.0937. The molecule has 1 aromatic carbocycles. The van der Waals surface area contributed by atoms with Gasteiger partial charge in [0, 0.05) is 6.04 Å². The second-order valence-electron chi connectivity index (χ2n) is 5.49. The summed E-state index contributed by atoms with van der Waals surface area (Å²) in [5.41, 5.74) is 7.16. The Morgan fingerprint density at radius 3 is 2.54 bits per heavy atom. The second-order valence-corrected chi connectivity index (χ2v) is 7.55. The van der Waals surface area contributed by atoms with Crippen molar-refractivity contribution in [3.8, 4) is 0 Å². The molecule has 0 saturated carbocycles. The zero-order valence-corrected chi connectivity index (χ0v) is 15.8. The lowest BCUT2D eigenvalue weighted by Gasteiger charge is -2.17. The maximum absolute atomic E-state index is 12.5. The molecule has 0 radical (unpaired) electrons. The van der Waals surface area contributed by atoms with E-state index in [2.05, 4.69) is 10.0 Å². The van der Waals surface area contributed by atoms with Crippen molar-refractivity contribution in [3.05, 3.63) is 23.3 Å². The summed E-state index contributed by atoms with van der Waals surface area (Å²) in [4.78, 5) is 11.6. The number of anilines is 1. The topological polar surface area (TPSA) is 111 Å². The molecular formula is C15H23N3O4S2. The van der Waals surface area contributed by atoms with E-state index in [1.165, 1.54) is 6.07 Å².